The Morgan fingerprint density at radius 2 is 2.21 bits per heavy atom. The fourth-order valence-corrected chi connectivity index (χ4v) is 4.74. The number of nitrogens with one attached hydrogen (secondary N) is 1. The minimum absolute atomic E-state index is 0.00834. The molecule has 2 saturated heterocycles. The van der Waals surface area contributed by atoms with Gasteiger partial charge in [-0.1, -0.05) is 11.6 Å². The summed E-state index contributed by atoms with van der Waals surface area (Å²) < 4.78 is 4.67. The maximum absolute atomic E-state index is 12.6. The van der Waals surface area contributed by atoms with E-state index < -0.39 is 12.0 Å². The van der Waals surface area contributed by atoms with Crippen LogP contribution in [-0.4, -0.2) is 46.5 Å². The van der Waals surface area contributed by atoms with Crippen molar-refractivity contribution in [2.45, 2.75) is 30.7 Å². The third kappa shape index (κ3) is 2.86. The first-order chi connectivity index (χ1) is 11.4. The topological polar surface area (TPSA) is 75.7 Å². The lowest BCUT2D eigenvalue weighted by molar-refractivity contribution is -0.135. The number of benzene rings is 1. The SMILES string of the molecule is COC(=O)c1cc(NC(=O)[C@H]2CS[C@@]3(C)CCC(=O)N23)ccc1Cl. The smallest absolute Gasteiger partial charge is 0.339 e. The number of amides is 2. The number of ether oxygens (including phenoxy) is 1. The summed E-state index contributed by atoms with van der Waals surface area (Å²) >= 11 is 7.60. The van der Waals surface area contributed by atoms with E-state index in [9.17, 15) is 14.4 Å². The molecule has 24 heavy (non-hydrogen) atoms. The number of carbonyl (C=O) groups excluding carboxylic acids is 3. The second kappa shape index (κ2) is 6.29. The van der Waals surface area contributed by atoms with Gasteiger partial charge in [0.1, 0.15) is 6.04 Å². The molecule has 2 atom stereocenters. The number of nitrogens with zero attached hydrogens (tertiary/aromatic N) is 1. The van der Waals surface area contributed by atoms with Gasteiger partial charge in [0.25, 0.3) is 0 Å². The Kier molecular flexibility index (Phi) is 4.48. The quantitative estimate of drug-likeness (QED) is 0.830. The molecule has 2 aliphatic rings. The van der Waals surface area contributed by atoms with Crippen LogP contribution in [-0.2, 0) is 14.3 Å². The van der Waals surface area contributed by atoms with Crippen LogP contribution in [0.5, 0.6) is 0 Å². The number of halogens is 1. The van der Waals surface area contributed by atoms with E-state index in [1.54, 1.807) is 22.7 Å². The van der Waals surface area contributed by atoms with Gasteiger partial charge < -0.3 is 15.0 Å². The highest BCUT2D eigenvalue weighted by Gasteiger charge is 2.52. The molecule has 1 N–H and O–H groups in total. The fourth-order valence-electron chi connectivity index (χ4n) is 3.11. The number of rotatable bonds is 3. The predicted octanol–water partition coefficient (Wildman–Crippen LogP) is 2.52. The van der Waals surface area contributed by atoms with E-state index in [1.165, 1.54) is 19.2 Å². The van der Waals surface area contributed by atoms with Crippen molar-refractivity contribution in [3.8, 4) is 0 Å². The minimum Gasteiger partial charge on any atom is -0.465 e. The summed E-state index contributed by atoms with van der Waals surface area (Å²) in [5, 5.41) is 3.02. The zero-order valence-electron chi connectivity index (χ0n) is 13.3. The maximum atomic E-state index is 12.6. The first kappa shape index (κ1) is 17.1. The molecule has 0 saturated carbocycles. The van der Waals surface area contributed by atoms with Crippen molar-refractivity contribution in [2.24, 2.45) is 0 Å². The van der Waals surface area contributed by atoms with E-state index in [-0.39, 0.29) is 27.3 Å². The minimum atomic E-state index is -0.574. The van der Waals surface area contributed by atoms with Gasteiger partial charge in [0.05, 0.1) is 22.6 Å². The Morgan fingerprint density at radius 1 is 1.46 bits per heavy atom. The molecule has 0 aliphatic carbocycles. The summed E-state index contributed by atoms with van der Waals surface area (Å²) in [7, 11) is 1.26. The lowest BCUT2D eigenvalue weighted by Gasteiger charge is -2.29. The van der Waals surface area contributed by atoms with Gasteiger partial charge in [-0.15, -0.1) is 11.8 Å². The Labute approximate surface area is 148 Å². The van der Waals surface area contributed by atoms with Crippen LogP contribution in [0, 0.1) is 0 Å². The predicted molar refractivity (Wildman–Crippen MR) is 92.2 cm³/mol. The highest BCUT2D eigenvalue weighted by Crippen LogP contribution is 2.47. The highest BCUT2D eigenvalue weighted by molar-refractivity contribution is 8.01. The lowest BCUT2D eigenvalue weighted by atomic mass is 10.1. The van der Waals surface area contributed by atoms with Crippen molar-refractivity contribution in [1.29, 1.82) is 0 Å². The Bertz CT molecular complexity index is 726. The van der Waals surface area contributed by atoms with Crippen molar-refractivity contribution < 1.29 is 19.1 Å². The average molecular weight is 369 g/mol. The molecule has 3 rings (SSSR count). The maximum Gasteiger partial charge on any atom is 0.339 e. The van der Waals surface area contributed by atoms with Crippen LogP contribution >= 0.6 is 23.4 Å². The van der Waals surface area contributed by atoms with Gasteiger partial charge in [-0.05, 0) is 31.5 Å². The normalized spacial score (nSPS) is 25.5. The first-order valence-electron chi connectivity index (χ1n) is 7.50. The highest BCUT2D eigenvalue weighted by atomic mass is 35.5. The number of thioether (sulfide) groups is 1. The average Bonchev–Trinajstić information content (AvgIpc) is 3.05. The Morgan fingerprint density at radius 3 is 2.92 bits per heavy atom. The van der Waals surface area contributed by atoms with Crippen LogP contribution in [0.3, 0.4) is 0 Å². The summed E-state index contributed by atoms with van der Waals surface area (Å²) in [6, 6.07) is 4.10. The molecule has 2 heterocycles. The van der Waals surface area contributed by atoms with Gasteiger partial charge in [-0.25, -0.2) is 4.79 Å². The van der Waals surface area contributed by atoms with Crippen molar-refractivity contribution in [3.63, 3.8) is 0 Å². The third-order valence-corrected chi connectivity index (χ3v) is 6.22. The second-order valence-electron chi connectivity index (χ2n) is 5.94. The molecule has 2 amide bonds. The second-order valence-corrected chi connectivity index (χ2v) is 7.85. The van der Waals surface area contributed by atoms with Crippen LogP contribution < -0.4 is 5.32 Å². The zero-order chi connectivity index (χ0) is 17.5. The van der Waals surface area contributed by atoms with Gasteiger partial charge in [-0.3, -0.25) is 9.59 Å². The fraction of sp³-hybridized carbons (Fsp3) is 0.438. The van der Waals surface area contributed by atoms with E-state index >= 15 is 0 Å². The van der Waals surface area contributed by atoms with E-state index in [4.69, 9.17) is 11.6 Å². The number of carbonyl (C=O) groups is 3. The van der Waals surface area contributed by atoms with Crippen LogP contribution in [0.4, 0.5) is 5.69 Å². The number of fused-ring (bicyclic) bond motifs is 1. The molecule has 1 aromatic carbocycles. The Balaban J connectivity index is 1.78. The van der Waals surface area contributed by atoms with E-state index in [1.807, 2.05) is 6.92 Å². The monoisotopic (exact) mass is 368 g/mol. The van der Waals surface area contributed by atoms with Gasteiger partial charge in [-0.2, -0.15) is 0 Å². The molecule has 2 aliphatic heterocycles. The molecule has 0 aromatic heterocycles. The summed E-state index contributed by atoms with van der Waals surface area (Å²) in [5.41, 5.74) is 0.620. The van der Waals surface area contributed by atoms with Crippen molar-refractivity contribution >= 4 is 46.8 Å². The zero-order valence-corrected chi connectivity index (χ0v) is 14.9. The summed E-state index contributed by atoms with van der Waals surface area (Å²) in [5.74, 6) is -0.269. The molecule has 128 valence electrons. The van der Waals surface area contributed by atoms with Gasteiger partial charge in [0.2, 0.25) is 11.8 Å². The molecule has 6 nitrogen and oxygen atoms in total. The molecule has 0 unspecified atom stereocenters. The number of anilines is 1. The molecule has 0 radical (unpaired) electrons. The van der Waals surface area contributed by atoms with Crippen molar-refractivity contribution in [3.05, 3.63) is 28.8 Å². The number of hydrogen-bond acceptors (Lipinski definition) is 5. The molecule has 8 heteroatoms. The molecular weight excluding hydrogens is 352 g/mol. The molecule has 2 fully saturated rings. The van der Waals surface area contributed by atoms with Gasteiger partial charge >= 0.3 is 5.97 Å². The summed E-state index contributed by atoms with van der Waals surface area (Å²) in [6.07, 6.45) is 1.23. The lowest BCUT2D eigenvalue weighted by Crippen LogP contribution is -2.48. The van der Waals surface area contributed by atoms with Crippen LogP contribution in [0.15, 0.2) is 18.2 Å². The van der Waals surface area contributed by atoms with Crippen molar-refractivity contribution in [1.82, 2.24) is 4.90 Å². The standard InChI is InChI=1S/C16H17ClN2O4S/c1-16-6-5-13(20)19(16)12(8-24-16)14(21)18-9-3-4-11(17)10(7-9)15(22)23-2/h3-4,7,12H,5-6,8H2,1-2H3,(H,18,21)/t12-,16+/m1/s1. The van der Waals surface area contributed by atoms with E-state index in [0.717, 1.165) is 6.42 Å². The van der Waals surface area contributed by atoms with Gasteiger partial charge in [0, 0.05) is 17.9 Å². The first-order valence-corrected chi connectivity index (χ1v) is 8.87. The number of methoxy groups -OCH3 is 1. The van der Waals surface area contributed by atoms with E-state index in [2.05, 4.69) is 10.1 Å². The molecule has 0 spiro atoms. The van der Waals surface area contributed by atoms with Crippen LogP contribution in [0.1, 0.15) is 30.1 Å². The molecule has 1 aromatic rings. The Hall–Kier alpha value is -1.73. The van der Waals surface area contributed by atoms with Crippen LogP contribution in [0.2, 0.25) is 5.02 Å². The van der Waals surface area contributed by atoms with Crippen molar-refractivity contribution in [2.75, 3.05) is 18.2 Å². The number of esters is 1. The van der Waals surface area contributed by atoms with E-state index in [0.29, 0.717) is 17.9 Å². The summed E-state index contributed by atoms with van der Waals surface area (Å²) in [4.78, 5) is 37.8. The largest absolute Gasteiger partial charge is 0.465 e. The number of hydrogen-bond donors (Lipinski definition) is 1. The summed E-state index contributed by atoms with van der Waals surface area (Å²) in [6.45, 7) is 1.99. The van der Waals surface area contributed by atoms with Gasteiger partial charge in [0.15, 0.2) is 0 Å². The molecular formula is C16H17ClN2O4S. The third-order valence-electron chi connectivity index (χ3n) is 4.39. The molecule has 0 bridgehead atoms. The van der Waals surface area contributed by atoms with Crippen LogP contribution in [0.25, 0.3) is 0 Å².